The second-order valence-corrected chi connectivity index (χ2v) is 3.78. The van der Waals surface area contributed by atoms with E-state index in [1.54, 1.807) is 0 Å². The summed E-state index contributed by atoms with van der Waals surface area (Å²) in [5.41, 5.74) is 5.53. The molecule has 2 N–H and O–H groups in total. The predicted octanol–water partition coefficient (Wildman–Crippen LogP) is 1.98. The summed E-state index contributed by atoms with van der Waals surface area (Å²) in [4.78, 5) is 11.4. The number of nitrogens with two attached hydrogens (primary N) is 1. The van der Waals surface area contributed by atoms with Crippen molar-refractivity contribution in [2.75, 3.05) is 6.54 Å². The van der Waals surface area contributed by atoms with Crippen LogP contribution in [0, 0.1) is 11.8 Å². The zero-order chi connectivity index (χ0) is 9.56. The summed E-state index contributed by atoms with van der Waals surface area (Å²) in [7, 11) is 0. The van der Waals surface area contributed by atoms with Gasteiger partial charge in [-0.25, -0.2) is 0 Å². The van der Waals surface area contributed by atoms with E-state index in [0.29, 0.717) is 24.7 Å². The molecule has 0 aliphatic heterocycles. The Labute approximate surface area is 75.5 Å². The fraction of sp³-hybridized carbons (Fsp3) is 0.900. The summed E-state index contributed by atoms with van der Waals surface area (Å²) >= 11 is 0. The van der Waals surface area contributed by atoms with Crippen molar-refractivity contribution in [1.29, 1.82) is 0 Å². The molecule has 2 nitrogen and oxygen atoms in total. The average molecular weight is 171 g/mol. The minimum Gasteiger partial charge on any atom is -0.330 e. The normalized spacial score (nSPS) is 13.4. The first kappa shape index (κ1) is 11.6. The smallest absolute Gasteiger partial charge is 0.137 e. The van der Waals surface area contributed by atoms with Crippen molar-refractivity contribution in [3.63, 3.8) is 0 Å². The molecule has 0 fully saturated rings. The third-order valence-corrected chi connectivity index (χ3v) is 1.99. The van der Waals surface area contributed by atoms with E-state index < -0.39 is 0 Å². The molecule has 0 bridgehead atoms. The van der Waals surface area contributed by atoms with Crippen molar-refractivity contribution in [1.82, 2.24) is 0 Å². The Bertz CT molecular complexity index is 132. The van der Waals surface area contributed by atoms with Gasteiger partial charge >= 0.3 is 0 Å². The largest absolute Gasteiger partial charge is 0.330 e. The maximum absolute atomic E-state index is 11.4. The molecule has 72 valence electrons. The quantitative estimate of drug-likeness (QED) is 0.664. The molecule has 0 heterocycles. The van der Waals surface area contributed by atoms with Crippen LogP contribution in [0.15, 0.2) is 0 Å². The van der Waals surface area contributed by atoms with Gasteiger partial charge in [0, 0.05) is 18.9 Å². The summed E-state index contributed by atoms with van der Waals surface area (Å²) in [5.74, 6) is 1.01. The van der Waals surface area contributed by atoms with Gasteiger partial charge in [-0.2, -0.15) is 0 Å². The van der Waals surface area contributed by atoms with E-state index in [-0.39, 0.29) is 5.92 Å². The van der Waals surface area contributed by atoms with E-state index in [4.69, 9.17) is 5.73 Å². The number of ketones is 1. The molecule has 0 spiro atoms. The van der Waals surface area contributed by atoms with Gasteiger partial charge in [-0.05, 0) is 18.8 Å². The number of hydrogen-bond acceptors (Lipinski definition) is 2. The lowest BCUT2D eigenvalue weighted by Crippen LogP contribution is -2.24. The van der Waals surface area contributed by atoms with E-state index in [2.05, 4.69) is 13.8 Å². The van der Waals surface area contributed by atoms with Crippen LogP contribution < -0.4 is 5.73 Å². The zero-order valence-electron chi connectivity index (χ0n) is 8.47. The van der Waals surface area contributed by atoms with Crippen LogP contribution in [-0.4, -0.2) is 12.3 Å². The van der Waals surface area contributed by atoms with Gasteiger partial charge < -0.3 is 5.73 Å². The molecule has 0 rings (SSSR count). The fourth-order valence-electron chi connectivity index (χ4n) is 1.38. The topological polar surface area (TPSA) is 43.1 Å². The van der Waals surface area contributed by atoms with Gasteiger partial charge in [0.05, 0.1) is 0 Å². The molecule has 0 aromatic heterocycles. The van der Waals surface area contributed by atoms with E-state index in [0.717, 1.165) is 12.8 Å². The van der Waals surface area contributed by atoms with Crippen molar-refractivity contribution in [2.24, 2.45) is 17.6 Å². The van der Waals surface area contributed by atoms with Crippen LogP contribution >= 0.6 is 0 Å². The minimum absolute atomic E-state index is 0.102. The fourth-order valence-corrected chi connectivity index (χ4v) is 1.38. The Morgan fingerprint density at radius 3 is 2.33 bits per heavy atom. The molecular weight excluding hydrogens is 150 g/mol. The second kappa shape index (κ2) is 6.18. The van der Waals surface area contributed by atoms with Crippen LogP contribution in [0.4, 0.5) is 0 Å². The van der Waals surface area contributed by atoms with Crippen LogP contribution in [0.5, 0.6) is 0 Å². The molecule has 12 heavy (non-hydrogen) atoms. The number of rotatable bonds is 6. The van der Waals surface area contributed by atoms with Gasteiger partial charge in [-0.15, -0.1) is 0 Å². The Hall–Kier alpha value is -0.370. The molecule has 0 saturated carbocycles. The van der Waals surface area contributed by atoms with Crippen LogP contribution in [0.2, 0.25) is 0 Å². The second-order valence-electron chi connectivity index (χ2n) is 3.78. The molecule has 0 aliphatic rings. The molecule has 2 heteroatoms. The van der Waals surface area contributed by atoms with Crippen LogP contribution in [0.1, 0.15) is 40.0 Å². The third kappa shape index (κ3) is 4.50. The lowest BCUT2D eigenvalue weighted by molar-refractivity contribution is -0.123. The number of Topliss-reactive ketones (excluding diaryl/α,β-unsaturated/α-hetero) is 1. The monoisotopic (exact) mass is 171 g/mol. The molecule has 0 aliphatic carbocycles. The van der Waals surface area contributed by atoms with E-state index >= 15 is 0 Å². The predicted molar refractivity (Wildman–Crippen MR) is 51.9 cm³/mol. The van der Waals surface area contributed by atoms with Gasteiger partial charge in [-0.1, -0.05) is 20.8 Å². The highest BCUT2D eigenvalue weighted by Gasteiger charge is 2.16. The standard InChI is InChI=1S/C10H21NO/c1-4-5-10(12)9(7-11)6-8(2)3/h8-9H,4-7,11H2,1-3H3. The maximum Gasteiger partial charge on any atom is 0.137 e. The lowest BCUT2D eigenvalue weighted by atomic mass is 9.91. The van der Waals surface area contributed by atoms with Gasteiger partial charge in [0.25, 0.3) is 0 Å². The first-order chi connectivity index (χ1) is 5.61. The Morgan fingerprint density at radius 1 is 1.42 bits per heavy atom. The SMILES string of the molecule is CCCC(=O)C(CN)CC(C)C. The van der Waals surface area contributed by atoms with Gasteiger partial charge in [0.1, 0.15) is 5.78 Å². The van der Waals surface area contributed by atoms with Crippen molar-refractivity contribution in [3.05, 3.63) is 0 Å². The highest BCUT2D eigenvalue weighted by Crippen LogP contribution is 2.13. The Morgan fingerprint density at radius 2 is 2.00 bits per heavy atom. The summed E-state index contributed by atoms with van der Waals surface area (Å²) in [6, 6.07) is 0. The molecule has 0 saturated heterocycles. The van der Waals surface area contributed by atoms with Crippen molar-refractivity contribution in [2.45, 2.75) is 40.0 Å². The third-order valence-electron chi connectivity index (χ3n) is 1.99. The minimum atomic E-state index is 0.102. The average Bonchev–Trinajstić information content (AvgIpc) is 2.00. The van der Waals surface area contributed by atoms with Crippen molar-refractivity contribution < 1.29 is 4.79 Å². The van der Waals surface area contributed by atoms with Gasteiger partial charge in [0.2, 0.25) is 0 Å². The Balaban J connectivity index is 3.87. The van der Waals surface area contributed by atoms with E-state index in [9.17, 15) is 4.79 Å². The van der Waals surface area contributed by atoms with Gasteiger partial charge in [-0.3, -0.25) is 4.79 Å². The number of carbonyl (C=O) groups is 1. The molecule has 0 amide bonds. The van der Waals surface area contributed by atoms with Crippen LogP contribution in [0.3, 0.4) is 0 Å². The highest BCUT2D eigenvalue weighted by molar-refractivity contribution is 5.81. The van der Waals surface area contributed by atoms with Crippen LogP contribution in [0.25, 0.3) is 0 Å². The van der Waals surface area contributed by atoms with Crippen molar-refractivity contribution >= 4 is 5.78 Å². The molecule has 0 radical (unpaired) electrons. The maximum atomic E-state index is 11.4. The van der Waals surface area contributed by atoms with Gasteiger partial charge in [0.15, 0.2) is 0 Å². The Kier molecular flexibility index (Phi) is 5.99. The zero-order valence-corrected chi connectivity index (χ0v) is 8.47. The number of hydrogen-bond donors (Lipinski definition) is 1. The molecule has 0 aromatic rings. The van der Waals surface area contributed by atoms with Crippen molar-refractivity contribution in [3.8, 4) is 0 Å². The highest BCUT2D eigenvalue weighted by atomic mass is 16.1. The van der Waals surface area contributed by atoms with Crippen LogP contribution in [-0.2, 0) is 4.79 Å². The summed E-state index contributed by atoms with van der Waals surface area (Å²) in [6.07, 6.45) is 2.57. The molecular formula is C10H21NO. The lowest BCUT2D eigenvalue weighted by Gasteiger charge is -2.14. The molecule has 0 aromatic carbocycles. The summed E-state index contributed by atoms with van der Waals surface area (Å²) < 4.78 is 0. The first-order valence-corrected chi connectivity index (χ1v) is 4.84. The molecule has 1 unspecified atom stereocenters. The van der Waals surface area contributed by atoms with E-state index in [1.165, 1.54) is 0 Å². The molecule has 1 atom stereocenters. The summed E-state index contributed by atoms with van der Waals surface area (Å²) in [6.45, 7) is 6.79. The summed E-state index contributed by atoms with van der Waals surface area (Å²) in [5, 5.41) is 0. The van der Waals surface area contributed by atoms with E-state index in [1.807, 2.05) is 6.92 Å². The first-order valence-electron chi connectivity index (χ1n) is 4.84. The number of carbonyl (C=O) groups excluding carboxylic acids is 1.